The quantitative estimate of drug-likeness (QED) is 0.898. The Morgan fingerprint density at radius 2 is 2.25 bits per heavy atom. The smallest absolute Gasteiger partial charge is 0.311 e. The number of hydrogen-bond acceptors (Lipinski definition) is 4. The van der Waals surface area contributed by atoms with Gasteiger partial charge in [0.05, 0.1) is 31.1 Å². The number of aliphatic carboxylic acids is 1. The molecule has 20 heavy (non-hydrogen) atoms. The molecule has 1 fully saturated rings. The summed E-state index contributed by atoms with van der Waals surface area (Å²) in [5.74, 6) is -2.00. The van der Waals surface area contributed by atoms with Gasteiger partial charge in [-0.2, -0.15) is 0 Å². The number of carbonyl (C=O) groups is 2. The summed E-state index contributed by atoms with van der Waals surface area (Å²) in [6.07, 6.45) is 2.05. The molecule has 0 radical (unpaired) electrons. The zero-order valence-corrected chi connectivity index (χ0v) is 11.8. The zero-order valence-electron chi connectivity index (χ0n) is 11.0. The molecule has 6 nitrogen and oxygen atoms in total. The van der Waals surface area contributed by atoms with Crippen molar-refractivity contribution >= 4 is 23.5 Å². The first-order chi connectivity index (χ1) is 9.56. The number of furan rings is 1. The first kappa shape index (κ1) is 14.9. The van der Waals surface area contributed by atoms with E-state index >= 15 is 0 Å². The molecule has 110 valence electrons. The normalized spacial score (nSPS) is 21.9. The first-order valence-corrected chi connectivity index (χ1v) is 6.78. The highest BCUT2D eigenvalue weighted by Crippen LogP contribution is 2.25. The van der Waals surface area contributed by atoms with Crippen LogP contribution in [0.3, 0.4) is 0 Å². The predicted molar refractivity (Wildman–Crippen MR) is 70.8 cm³/mol. The maximum atomic E-state index is 12.5. The van der Waals surface area contributed by atoms with Crippen LogP contribution < -0.4 is 0 Å². The lowest BCUT2D eigenvalue weighted by Gasteiger charge is -2.30. The third-order valence-corrected chi connectivity index (χ3v) is 3.63. The Kier molecular flexibility index (Phi) is 4.67. The third-order valence-electron chi connectivity index (χ3n) is 3.34. The van der Waals surface area contributed by atoms with Crippen molar-refractivity contribution in [1.82, 2.24) is 4.90 Å². The van der Waals surface area contributed by atoms with Crippen molar-refractivity contribution in [3.8, 4) is 0 Å². The van der Waals surface area contributed by atoms with Gasteiger partial charge >= 0.3 is 5.97 Å². The minimum Gasteiger partial charge on any atom is -0.481 e. The summed E-state index contributed by atoms with van der Waals surface area (Å²) in [5, 5.41) is 9.22. The molecule has 1 aliphatic heterocycles. The van der Waals surface area contributed by atoms with Crippen LogP contribution in [0, 0.1) is 5.92 Å². The number of carboxylic acids is 1. The highest BCUT2D eigenvalue weighted by molar-refractivity contribution is 6.32. The number of carbonyl (C=O) groups excluding carboxylic acids is 1. The second kappa shape index (κ2) is 6.28. The number of rotatable bonds is 5. The number of halogens is 1. The van der Waals surface area contributed by atoms with Crippen LogP contribution in [0.1, 0.15) is 23.7 Å². The molecular weight excluding hydrogens is 286 g/mol. The van der Waals surface area contributed by atoms with Crippen LogP contribution in [0.15, 0.2) is 16.7 Å². The monoisotopic (exact) mass is 301 g/mol. The Labute approximate surface area is 121 Å². The summed E-state index contributed by atoms with van der Waals surface area (Å²) in [6, 6.07) is 1.00. The maximum Gasteiger partial charge on any atom is 0.311 e. The van der Waals surface area contributed by atoms with E-state index in [1.807, 2.05) is 6.92 Å². The maximum absolute atomic E-state index is 12.5. The van der Waals surface area contributed by atoms with Crippen molar-refractivity contribution in [3.05, 3.63) is 23.1 Å². The van der Waals surface area contributed by atoms with Gasteiger partial charge in [0.2, 0.25) is 5.22 Å². The van der Waals surface area contributed by atoms with Crippen LogP contribution in [0.25, 0.3) is 0 Å². The van der Waals surface area contributed by atoms with Crippen LogP contribution in [0.4, 0.5) is 0 Å². The van der Waals surface area contributed by atoms with Gasteiger partial charge in [0.1, 0.15) is 5.92 Å². The van der Waals surface area contributed by atoms with E-state index in [0.29, 0.717) is 13.0 Å². The number of nitrogens with zero attached hydrogens (tertiary/aromatic N) is 1. The lowest BCUT2D eigenvalue weighted by Crippen LogP contribution is -2.46. The van der Waals surface area contributed by atoms with Gasteiger partial charge in [0.25, 0.3) is 5.91 Å². The van der Waals surface area contributed by atoms with Crippen LogP contribution in [-0.2, 0) is 9.53 Å². The number of hydrogen-bond donors (Lipinski definition) is 1. The molecular formula is C13H16ClNO5. The van der Waals surface area contributed by atoms with Gasteiger partial charge in [-0.05, 0) is 24.1 Å². The van der Waals surface area contributed by atoms with Gasteiger partial charge < -0.3 is 19.2 Å². The van der Waals surface area contributed by atoms with Gasteiger partial charge in [0, 0.05) is 6.54 Å². The van der Waals surface area contributed by atoms with Crippen molar-refractivity contribution < 1.29 is 23.8 Å². The van der Waals surface area contributed by atoms with Crippen LogP contribution in [0.2, 0.25) is 5.22 Å². The van der Waals surface area contributed by atoms with E-state index in [-0.39, 0.29) is 29.9 Å². The Bertz CT molecular complexity index is 501. The molecule has 0 aromatic carbocycles. The van der Waals surface area contributed by atoms with E-state index in [1.165, 1.54) is 17.2 Å². The molecule has 0 saturated carbocycles. The molecule has 7 heteroatoms. The van der Waals surface area contributed by atoms with Crippen molar-refractivity contribution in [2.75, 3.05) is 19.8 Å². The summed E-state index contributed by atoms with van der Waals surface area (Å²) < 4.78 is 10.1. The van der Waals surface area contributed by atoms with Crippen molar-refractivity contribution in [2.45, 2.75) is 19.4 Å². The minimum absolute atomic E-state index is 0.0156. The molecule has 1 N–H and O–H groups in total. The molecule has 1 aliphatic rings. The summed E-state index contributed by atoms with van der Waals surface area (Å²) >= 11 is 5.82. The molecule has 2 rings (SSSR count). The highest BCUT2D eigenvalue weighted by Gasteiger charge is 2.40. The Morgan fingerprint density at radius 3 is 2.80 bits per heavy atom. The third kappa shape index (κ3) is 2.81. The van der Waals surface area contributed by atoms with Gasteiger partial charge in [-0.3, -0.25) is 9.59 Å². The average molecular weight is 302 g/mol. The lowest BCUT2D eigenvalue weighted by molar-refractivity contribution is -0.142. The van der Waals surface area contributed by atoms with Crippen LogP contribution in [0.5, 0.6) is 0 Å². The molecule has 1 saturated heterocycles. The van der Waals surface area contributed by atoms with Gasteiger partial charge in [-0.1, -0.05) is 6.92 Å². The number of carboxylic acid groups (broad SMARTS) is 1. The SMILES string of the molecule is CCCN(C(=O)c1ccoc1Cl)C1COCC1C(=O)O. The van der Waals surface area contributed by atoms with Crippen molar-refractivity contribution in [2.24, 2.45) is 5.92 Å². The predicted octanol–water partition coefficient (Wildman–Crippen LogP) is 1.88. The summed E-state index contributed by atoms with van der Waals surface area (Å²) in [7, 11) is 0. The molecule has 2 heterocycles. The minimum atomic E-state index is -0.959. The fraction of sp³-hybridized carbons (Fsp3) is 0.538. The molecule has 2 unspecified atom stereocenters. The van der Waals surface area contributed by atoms with Gasteiger partial charge in [0.15, 0.2) is 0 Å². The van der Waals surface area contributed by atoms with E-state index in [9.17, 15) is 14.7 Å². The van der Waals surface area contributed by atoms with E-state index in [0.717, 1.165) is 0 Å². The Balaban J connectivity index is 2.24. The van der Waals surface area contributed by atoms with E-state index < -0.39 is 17.9 Å². The fourth-order valence-electron chi connectivity index (χ4n) is 2.35. The second-order valence-corrected chi connectivity index (χ2v) is 5.00. The summed E-state index contributed by atoms with van der Waals surface area (Å²) in [4.78, 5) is 25.3. The molecule has 0 bridgehead atoms. The molecule has 1 aromatic rings. The number of amides is 1. The van der Waals surface area contributed by atoms with Gasteiger partial charge in [-0.25, -0.2) is 0 Å². The largest absolute Gasteiger partial charge is 0.481 e. The van der Waals surface area contributed by atoms with E-state index in [1.54, 1.807) is 0 Å². The zero-order chi connectivity index (χ0) is 14.7. The topological polar surface area (TPSA) is 80.0 Å². The average Bonchev–Trinajstić information content (AvgIpc) is 3.03. The Hall–Kier alpha value is -1.53. The van der Waals surface area contributed by atoms with Gasteiger partial charge in [-0.15, -0.1) is 0 Å². The van der Waals surface area contributed by atoms with Crippen molar-refractivity contribution in [3.63, 3.8) is 0 Å². The fourth-order valence-corrected chi connectivity index (χ4v) is 2.54. The van der Waals surface area contributed by atoms with E-state index in [4.69, 9.17) is 20.8 Å². The molecule has 2 atom stereocenters. The summed E-state index contributed by atoms with van der Waals surface area (Å²) in [6.45, 7) is 2.70. The lowest BCUT2D eigenvalue weighted by atomic mass is 10.0. The number of ether oxygens (including phenoxy) is 1. The van der Waals surface area contributed by atoms with Crippen LogP contribution in [-0.4, -0.2) is 47.7 Å². The molecule has 0 aliphatic carbocycles. The second-order valence-electron chi connectivity index (χ2n) is 4.66. The van der Waals surface area contributed by atoms with Crippen molar-refractivity contribution in [1.29, 1.82) is 0 Å². The standard InChI is InChI=1S/C13H16ClNO5/c1-2-4-15(10-7-19-6-9(10)13(17)18)12(16)8-3-5-20-11(8)14/h3,5,9-10H,2,4,6-7H2,1H3,(H,17,18). The van der Waals surface area contributed by atoms with Crippen LogP contribution >= 0.6 is 11.6 Å². The molecule has 0 spiro atoms. The summed E-state index contributed by atoms with van der Waals surface area (Å²) in [5.41, 5.74) is 0.246. The molecule has 1 aromatic heterocycles. The highest BCUT2D eigenvalue weighted by atomic mass is 35.5. The Morgan fingerprint density at radius 1 is 1.50 bits per heavy atom. The first-order valence-electron chi connectivity index (χ1n) is 6.40. The molecule has 1 amide bonds. The van der Waals surface area contributed by atoms with E-state index in [2.05, 4.69) is 0 Å².